The number of aliphatic carboxylic acids is 1. The maximum atomic E-state index is 12.6. The van der Waals surface area contributed by atoms with Gasteiger partial charge in [0.15, 0.2) is 6.10 Å². The van der Waals surface area contributed by atoms with Crippen LogP contribution in [0.25, 0.3) is 11.0 Å². The van der Waals surface area contributed by atoms with Crippen molar-refractivity contribution < 1.29 is 19.4 Å². The molecular weight excluding hydrogens is 346 g/mol. The van der Waals surface area contributed by atoms with E-state index in [0.29, 0.717) is 16.8 Å². The van der Waals surface area contributed by atoms with Crippen molar-refractivity contribution in [1.29, 1.82) is 0 Å². The summed E-state index contributed by atoms with van der Waals surface area (Å²) in [5.74, 6) is -1.67. The van der Waals surface area contributed by atoms with Gasteiger partial charge in [-0.25, -0.2) is 9.78 Å². The minimum Gasteiger partial charge on any atom is -0.480 e. The number of fused-ring (bicyclic) bond motifs is 1. The van der Waals surface area contributed by atoms with Crippen LogP contribution < -0.4 is 5.32 Å². The van der Waals surface area contributed by atoms with Crippen LogP contribution in [0, 0.1) is 0 Å². The number of hydrogen-bond donors (Lipinski definition) is 2. The molecule has 1 heterocycles. The zero-order valence-electron chi connectivity index (χ0n) is 14.7. The first-order chi connectivity index (χ1) is 13.1. The maximum Gasteiger partial charge on any atom is 0.326 e. The van der Waals surface area contributed by atoms with Crippen LogP contribution in [0.2, 0.25) is 0 Å². The number of rotatable bonds is 7. The number of nitrogens with zero attached hydrogens (tertiary/aromatic N) is 2. The summed E-state index contributed by atoms with van der Waals surface area (Å²) in [5.41, 5.74) is 2.52. The quantitative estimate of drug-likeness (QED) is 0.665. The van der Waals surface area contributed by atoms with Crippen molar-refractivity contribution in [3.05, 3.63) is 72.1 Å². The topological polar surface area (TPSA) is 101 Å². The summed E-state index contributed by atoms with van der Waals surface area (Å²) in [6, 6.07) is 15.1. The zero-order chi connectivity index (χ0) is 19.2. The molecule has 3 aromatic rings. The van der Waals surface area contributed by atoms with Gasteiger partial charge in [-0.2, -0.15) is 0 Å². The molecule has 0 fully saturated rings. The lowest BCUT2D eigenvalue weighted by molar-refractivity contribution is -0.144. The number of nitrogens with one attached hydrogen (secondary N) is 1. The number of aromatic nitrogens is 2. The van der Waals surface area contributed by atoms with E-state index in [4.69, 9.17) is 4.74 Å². The summed E-state index contributed by atoms with van der Waals surface area (Å²) in [7, 11) is 1.40. The van der Waals surface area contributed by atoms with E-state index in [-0.39, 0.29) is 6.42 Å². The highest BCUT2D eigenvalue weighted by Crippen LogP contribution is 2.17. The molecule has 0 bridgehead atoms. The first-order valence-electron chi connectivity index (χ1n) is 8.40. The van der Waals surface area contributed by atoms with E-state index in [1.165, 1.54) is 13.3 Å². The van der Waals surface area contributed by atoms with Gasteiger partial charge in [0.1, 0.15) is 6.04 Å². The van der Waals surface area contributed by atoms with Crippen LogP contribution in [0.4, 0.5) is 0 Å². The summed E-state index contributed by atoms with van der Waals surface area (Å²) in [6.07, 6.45) is 0.648. The minimum atomic E-state index is -1.15. The van der Waals surface area contributed by atoms with Crippen molar-refractivity contribution in [3.63, 3.8) is 0 Å². The fourth-order valence-electron chi connectivity index (χ4n) is 2.77. The van der Waals surface area contributed by atoms with Gasteiger partial charge in [0.25, 0.3) is 5.91 Å². The fraction of sp³-hybridized carbons (Fsp3) is 0.200. The van der Waals surface area contributed by atoms with Crippen LogP contribution in [0.1, 0.15) is 17.4 Å². The highest BCUT2D eigenvalue weighted by atomic mass is 16.5. The molecule has 0 radical (unpaired) electrons. The van der Waals surface area contributed by atoms with Crippen LogP contribution in [0.5, 0.6) is 0 Å². The number of carboxylic acid groups (broad SMARTS) is 1. The Balaban J connectivity index is 1.76. The van der Waals surface area contributed by atoms with Crippen LogP contribution in [-0.4, -0.2) is 40.1 Å². The molecule has 1 amide bonds. The van der Waals surface area contributed by atoms with Gasteiger partial charge in [-0.3, -0.25) is 9.78 Å². The molecule has 138 valence electrons. The average Bonchev–Trinajstić information content (AvgIpc) is 2.68. The second-order valence-corrected chi connectivity index (χ2v) is 5.98. The Bertz CT molecular complexity index is 946. The Morgan fingerprint density at radius 2 is 1.74 bits per heavy atom. The molecule has 0 spiro atoms. The third-order valence-corrected chi connectivity index (χ3v) is 4.10. The maximum absolute atomic E-state index is 12.6. The first kappa shape index (κ1) is 18.5. The molecule has 7 nitrogen and oxygen atoms in total. The molecule has 0 aliphatic carbocycles. The van der Waals surface area contributed by atoms with Gasteiger partial charge in [0.05, 0.1) is 16.7 Å². The Morgan fingerprint density at radius 1 is 1.07 bits per heavy atom. The SMILES string of the molecule is CO[C@H](C(=O)N[C@@H](Cc1cnc2ccccc2n1)C(=O)O)c1ccccc1. The average molecular weight is 365 g/mol. The predicted molar refractivity (Wildman–Crippen MR) is 99.0 cm³/mol. The molecule has 27 heavy (non-hydrogen) atoms. The van der Waals surface area contributed by atoms with Crippen LogP contribution in [0.3, 0.4) is 0 Å². The van der Waals surface area contributed by atoms with Gasteiger partial charge in [-0.15, -0.1) is 0 Å². The lowest BCUT2D eigenvalue weighted by atomic mass is 10.1. The van der Waals surface area contributed by atoms with E-state index in [1.54, 1.807) is 30.3 Å². The summed E-state index contributed by atoms with van der Waals surface area (Å²) < 4.78 is 5.25. The Hall–Kier alpha value is -3.32. The number of hydrogen-bond acceptors (Lipinski definition) is 5. The van der Waals surface area contributed by atoms with Crippen molar-refractivity contribution in [3.8, 4) is 0 Å². The molecule has 2 aromatic carbocycles. The molecule has 3 rings (SSSR count). The molecule has 1 aromatic heterocycles. The van der Waals surface area contributed by atoms with Gasteiger partial charge in [0, 0.05) is 19.7 Å². The normalized spacial score (nSPS) is 13.1. The molecular formula is C20H19N3O4. The molecule has 0 aliphatic heterocycles. The standard InChI is InChI=1S/C20H19N3O4/c1-27-18(13-7-3-2-4-8-13)19(24)23-17(20(25)26)11-14-12-21-15-9-5-6-10-16(15)22-14/h2-10,12,17-18H,11H2,1H3,(H,23,24)(H,25,26)/t17-,18-/m0/s1. The van der Waals surface area contributed by atoms with Gasteiger partial charge >= 0.3 is 5.97 Å². The number of methoxy groups -OCH3 is 1. The molecule has 2 atom stereocenters. The van der Waals surface area contributed by atoms with Crippen LogP contribution >= 0.6 is 0 Å². The number of para-hydroxylation sites is 2. The number of carbonyl (C=O) groups excluding carboxylic acids is 1. The van der Waals surface area contributed by atoms with Crippen LogP contribution in [-0.2, 0) is 20.7 Å². The van der Waals surface area contributed by atoms with Crippen molar-refractivity contribution in [2.24, 2.45) is 0 Å². The van der Waals surface area contributed by atoms with E-state index in [9.17, 15) is 14.7 Å². The van der Waals surface area contributed by atoms with E-state index in [1.807, 2.05) is 24.3 Å². The van der Waals surface area contributed by atoms with Crippen molar-refractivity contribution in [2.45, 2.75) is 18.6 Å². The monoisotopic (exact) mass is 365 g/mol. The molecule has 0 unspecified atom stereocenters. The molecule has 0 saturated carbocycles. The summed E-state index contributed by atoms with van der Waals surface area (Å²) in [4.78, 5) is 32.9. The van der Waals surface area contributed by atoms with E-state index < -0.39 is 24.0 Å². The number of carboxylic acids is 1. The Morgan fingerprint density at radius 3 is 2.41 bits per heavy atom. The Kier molecular flexibility index (Phi) is 5.73. The first-order valence-corrected chi connectivity index (χ1v) is 8.40. The number of carbonyl (C=O) groups is 2. The van der Waals surface area contributed by atoms with E-state index >= 15 is 0 Å². The zero-order valence-corrected chi connectivity index (χ0v) is 14.7. The summed E-state index contributed by atoms with van der Waals surface area (Å²) in [6.45, 7) is 0. The minimum absolute atomic E-state index is 0.0180. The Labute approximate surface area is 156 Å². The fourth-order valence-corrected chi connectivity index (χ4v) is 2.77. The third-order valence-electron chi connectivity index (χ3n) is 4.10. The number of benzene rings is 2. The van der Waals surface area contributed by atoms with E-state index in [2.05, 4.69) is 15.3 Å². The largest absolute Gasteiger partial charge is 0.480 e. The van der Waals surface area contributed by atoms with Crippen molar-refractivity contribution >= 4 is 22.9 Å². The second-order valence-electron chi connectivity index (χ2n) is 5.98. The lowest BCUT2D eigenvalue weighted by Crippen LogP contribution is -2.44. The van der Waals surface area contributed by atoms with Crippen LogP contribution in [0.15, 0.2) is 60.8 Å². The van der Waals surface area contributed by atoms with E-state index in [0.717, 1.165) is 5.52 Å². The molecule has 2 N–H and O–H groups in total. The summed E-state index contributed by atoms with van der Waals surface area (Å²) in [5, 5.41) is 12.0. The number of amides is 1. The smallest absolute Gasteiger partial charge is 0.326 e. The summed E-state index contributed by atoms with van der Waals surface area (Å²) >= 11 is 0. The van der Waals surface area contributed by atoms with Gasteiger partial charge < -0.3 is 15.2 Å². The number of ether oxygens (including phenoxy) is 1. The van der Waals surface area contributed by atoms with Crippen molar-refractivity contribution in [1.82, 2.24) is 15.3 Å². The second kappa shape index (κ2) is 8.37. The highest BCUT2D eigenvalue weighted by molar-refractivity contribution is 5.87. The molecule has 0 saturated heterocycles. The van der Waals surface area contributed by atoms with Gasteiger partial charge in [-0.05, 0) is 17.7 Å². The third kappa shape index (κ3) is 4.45. The molecule has 0 aliphatic rings. The highest BCUT2D eigenvalue weighted by Gasteiger charge is 2.27. The predicted octanol–water partition coefficient (Wildman–Crippen LogP) is 2.13. The molecule has 7 heteroatoms. The van der Waals surface area contributed by atoms with Gasteiger partial charge in [-0.1, -0.05) is 42.5 Å². The lowest BCUT2D eigenvalue weighted by Gasteiger charge is -2.19. The van der Waals surface area contributed by atoms with Gasteiger partial charge in [0.2, 0.25) is 0 Å². The van der Waals surface area contributed by atoms with Crippen molar-refractivity contribution in [2.75, 3.05) is 7.11 Å².